The van der Waals surface area contributed by atoms with Crippen molar-refractivity contribution in [2.75, 3.05) is 26.2 Å². The molecule has 3 aromatic rings. The third-order valence-electron chi connectivity index (χ3n) is 5.00. The number of hydrogen-bond donors (Lipinski definition) is 1. The van der Waals surface area contributed by atoms with Crippen molar-refractivity contribution >= 4 is 5.91 Å². The zero-order chi connectivity index (χ0) is 19.3. The molecule has 2 aromatic carbocycles. The van der Waals surface area contributed by atoms with Gasteiger partial charge in [-0.15, -0.1) is 0 Å². The van der Waals surface area contributed by atoms with E-state index in [2.05, 4.69) is 15.3 Å². The van der Waals surface area contributed by atoms with E-state index >= 15 is 0 Å². The van der Waals surface area contributed by atoms with Gasteiger partial charge in [0.1, 0.15) is 11.5 Å². The van der Waals surface area contributed by atoms with Gasteiger partial charge in [0.05, 0.1) is 11.4 Å². The standard InChI is InChI=1S/C22H23FN4O/c23-19-11-5-4-10-18(19)20-16-21(27(25-20)17-8-2-1-3-9-17)22(28)24-12-15-26-13-6-7-14-26/h1-5,8-11,16H,6-7,12-15H2,(H,24,28). The minimum Gasteiger partial charge on any atom is -0.349 e. The second-order valence-electron chi connectivity index (χ2n) is 6.95. The summed E-state index contributed by atoms with van der Waals surface area (Å²) < 4.78 is 15.8. The van der Waals surface area contributed by atoms with E-state index in [0.717, 1.165) is 25.3 Å². The van der Waals surface area contributed by atoms with E-state index < -0.39 is 0 Å². The highest BCUT2D eigenvalue weighted by Crippen LogP contribution is 2.24. The minimum absolute atomic E-state index is 0.210. The highest BCUT2D eigenvalue weighted by atomic mass is 19.1. The number of aromatic nitrogens is 2. The zero-order valence-corrected chi connectivity index (χ0v) is 15.6. The Morgan fingerprint density at radius 3 is 2.50 bits per heavy atom. The van der Waals surface area contributed by atoms with Crippen LogP contribution in [0, 0.1) is 5.82 Å². The maximum atomic E-state index is 14.2. The maximum absolute atomic E-state index is 14.2. The molecular formula is C22H23FN4O. The molecule has 1 aliphatic heterocycles. The van der Waals surface area contributed by atoms with Crippen LogP contribution in [0.15, 0.2) is 60.7 Å². The molecule has 1 amide bonds. The molecule has 4 rings (SSSR count). The van der Waals surface area contributed by atoms with E-state index in [1.807, 2.05) is 30.3 Å². The molecule has 1 fully saturated rings. The summed E-state index contributed by atoms with van der Waals surface area (Å²) in [6.45, 7) is 3.60. The van der Waals surface area contributed by atoms with Crippen LogP contribution >= 0.6 is 0 Å². The lowest BCUT2D eigenvalue weighted by Gasteiger charge is -2.15. The molecule has 0 unspecified atom stereocenters. The van der Waals surface area contributed by atoms with E-state index in [4.69, 9.17) is 0 Å². The lowest BCUT2D eigenvalue weighted by molar-refractivity contribution is 0.0942. The predicted molar refractivity (Wildman–Crippen MR) is 107 cm³/mol. The second-order valence-corrected chi connectivity index (χ2v) is 6.95. The van der Waals surface area contributed by atoms with Gasteiger partial charge in [-0.25, -0.2) is 9.07 Å². The Labute approximate surface area is 163 Å². The smallest absolute Gasteiger partial charge is 0.270 e. The number of nitrogens with zero attached hydrogens (tertiary/aromatic N) is 3. The number of para-hydroxylation sites is 1. The van der Waals surface area contributed by atoms with Crippen LogP contribution in [0.3, 0.4) is 0 Å². The monoisotopic (exact) mass is 378 g/mol. The molecule has 1 aliphatic rings. The van der Waals surface area contributed by atoms with Crippen molar-refractivity contribution in [3.8, 4) is 16.9 Å². The van der Waals surface area contributed by atoms with Gasteiger partial charge in [-0.3, -0.25) is 4.79 Å². The molecule has 1 aromatic heterocycles. The average Bonchev–Trinajstić information content (AvgIpc) is 3.39. The van der Waals surface area contributed by atoms with Crippen LogP contribution in [0.5, 0.6) is 0 Å². The fourth-order valence-corrected chi connectivity index (χ4v) is 3.53. The van der Waals surface area contributed by atoms with Crippen molar-refractivity contribution in [3.63, 3.8) is 0 Å². The summed E-state index contributed by atoms with van der Waals surface area (Å²) in [7, 11) is 0. The number of benzene rings is 2. The number of halogens is 1. The first kappa shape index (κ1) is 18.4. The van der Waals surface area contributed by atoms with Crippen LogP contribution in [-0.4, -0.2) is 46.8 Å². The number of carbonyl (C=O) groups excluding carboxylic acids is 1. The van der Waals surface area contributed by atoms with E-state index in [9.17, 15) is 9.18 Å². The van der Waals surface area contributed by atoms with Crippen molar-refractivity contribution in [1.82, 2.24) is 20.0 Å². The van der Waals surface area contributed by atoms with Crippen molar-refractivity contribution in [2.45, 2.75) is 12.8 Å². The first-order chi connectivity index (χ1) is 13.7. The number of rotatable bonds is 6. The summed E-state index contributed by atoms with van der Waals surface area (Å²) in [6, 6.07) is 17.5. The Morgan fingerprint density at radius 1 is 1.04 bits per heavy atom. The Morgan fingerprint density at radius 2 is 1.75 bits per heavy atom. The summed E-state index contributed by atoms with van der Waals surface area (Å²) in [6.07, 6.45) is 2.45. The molecule has 1 saturated heterocycles. The van der Waals surface area contributed by atoms with Crippen LogP contribution in [-0.2, 0) is 0 Å². The van der Waals surface area contributed by atoms with Gasteiger partial charge in [-0.05, 0) is 56.3 Å². The minimum atomic E-state index is -0.360. The molecule has 1 N–H and O–H groups in total. The van der Waals surface area contributed by atoms with Crippen molar-refractivity contribution in [1.29, 1.82) is 0 Å². The number of hydrogen-bond acceptors (Lipinski definition) is 3. The fraction of sp³-hybridized carbons (Fsp3) is 0.273. The van der Waals surface area contributed by atoms with Crippen molar-refractivity contribution in [2.24, 2.45) is 0 Å². The lowest BCUT2D eigenvalue weighted by Crippen LogP contribution is -2.34. The van der Waals surface area contributed by atoms with E-state index in [1.165, 1.54) is 18.9 Å². The molecule has 0 saturated carbocycles. The van der Waals surface area contributed by atoms with Gasteiger partial charge in [-0.2, -0.15) is 5.10 Å². The Kier molecular flexibility index (Phi) is 5.48. The third kappa shape index (κ3) is 3.97. The topological polar surface area (TPSA) is 50.2 Å². The molecule has 0 aliphatic carbocycles. The summed E-state index contributed by atoms with van der Waals surface area (Å²) in [5, 5.41) is 7.50. The molecule has 0 atom stereocenters. The van der Waals surface area contributed by atoms with Crippen LogP contribution in [0.4, 0.5) is 4.39 Å². The predicted octanol–water partition coefficient (Wildman–Crippen LogP) is 3.50. The summed E-state index contributed by atoms with van der Waals surface area (Å²) in [4.78, 5) is 15.2. The van der Waals surface area contributed by atoms with Gasteiger partial charge in [0.15, 0.2) is 0 Å². The van der Waals surface area contributed by atoms with Gasteiger partial charge in [0.25, 0.3) is 5.91 Å². The molecule has 28 heavy (non-hydrogen) atoms. The Hall–Kier alpha value is -2.99. The Balaban J connectivity index is 1.60. The van der Waals surface area contributed by atoms with Crippen molar-refractivity contribution < 1.29 is 9.18 Å². The number of likely N-dealkylation sites (tertiary alicyclic amines) is 1. The first-order valence-corrected chi connectivity index (χ1v) is 9.63. The largest absolute Gasteiger partial charge is 0.349 e. The SMILES string of the molecule is O=C(NCCN1CCCC1)c1cc(-c2ccccc2F)nn1-c1ccccc1. The highest BCUT2D eigenvalue weighted by Gasteiger charge is 2.19. The Bertz CT molecular complexity index is 948. The van der Waals surface area contributed by atoms with E-state index in [1.54, 1.807) is 28.9 Å². The quantitative estimate of drug-likeness (QED) is 0.714. The van der Waals surface area contributed by atoms with Crippen LogP contribution in [0.1, 0.15) is 23.3 Å². The molecule has 6 heteroatoms. The van der Waals surface area contributed by atoms with Crippen LogP contribution < -0.4 is 5.32 Å². The molecule has 5 nitrogen and oxygen atoms in total. The van der Waals surface area contributed by atoms with Gasteiger partial charge in [-0.1, -0.05) is 30.3 Å². The van der Waals surface area contributed by atoms with Gasteiger partial charge < -0.3 is 10.2 Å². The molecule has 0 radical (unpaired) electrons. The molecule has 0 spiro atoms. The molecule has 2 heterocycles. The summed E-state index contributed by atoms with van der Waals surface area (Å²) >= 11 is 0. The second kappa shape index (κ2) is 8.35. The average molecular weight is 378 g/mol. The summed E-state index contributed by atoms with van der Waals surface area (Å²) in [5.41, 5.74) is 1.97. The molecule has 0 bridgehead atoms. The number of carbonyl (C=O) groups is 1. The van der Waals surface area contributed by atoms with Gasteiger partial charge in [0.2, 0.25) is 0 Å². The maximum Gasteiger partial charge on any atom is 0.270 e. The zero-order valence-electron chi connectivity index (χ0n) is 15.6. The lowest BCUT2D eigenvalue weighted by atomic mass is 10.1. The van der Waals surface area contributed by atoms with E-state index in [-0.39, 0.29) is 11.7 Å². The van der Waals surface area contributed by atoms with Gasteiger partial charge in [0, 0.05) is 18.7 Å². The van der Waals surface area contributed by atoms with Gasteiger partial charge >= 0.3 is 0 Å². The summed E-state index contributed by atoms with van der Waals surface area (Å²) in [5.74, 6) is -0.570. The first-order valence-electron chi connectivity index (χ1n) is 9.63. The fourth-order valence-electron chi connectivity index (χ4n) is 3.53. The van der Waals surface area contributed by atoms with Crippen LogP contribution in [0.25, 0.3) is 16.9 Å². The van der Waals surface area contributed by atoms with E-state index in [0.29, 0.717) is 23.5 Å². The normalized spacial score (nSPS) is 14.3. The third-order valence-corrected chi connectivity index (χ3v) is 5.00. The highest BCUT2D eigenvalue weighted by molar-refractivity contribution is 5.94. The van der Waals surface area contributed by atoms with Crippen molar-refractivity contribution in [3.05, 3.63) is 72.2 Å². The number of nitrogens with one attached hydrogen (secondary N) is 1. The van der Waals surface area contributed by atoms with Crippen LogP contribution in [0.2, 0.25) is 0 Å². The number of amides is 1. The molecule has 144 valence electrons. The molecular weight excluding hydrogens is 355 g/mol.